The van der Waals surface area contributed by atoms with Gasteiger partial charge in [0.15, 0.2) is 18.2 Å². The second-order valence-corrected chi connectivity index (χ2v) is 11.9. The van der Waals surface area contributed by atoms with Crippen molar-refractivity contribution in [1.82, 2.24) is 25.5 Å². The summed E-state index contributed by atoms with van der Waals surface area (Å²) < 4.78 is 0. The summed E-state index contributed by atoms with van der Waals surface area (Å²) in [7, 11) is 0. The Labute approximate surface area is 274 Å². The van der Waals surface area contributed by atoms with Gasteiger partial charge in [0.25, 0.3) is 5.91 Å². The predicted octanol–water partition coefficient (Wildman–Crippen LogP) is 2.76. The number of benzene rings is 3. The molecule has 0 saturated carbocycles. The third-order valence-corrected chi connectivity index (χ3v) is 8.48. The molecule has 3 aromatic carbocycles. The number of nitrogens with zero attached hydrogens (tertiary/aromatic N) is 3. The number of nitrogens with one attached hydrogen (secondary N) is 3. The van der Waals surface area contributed by atoms with Crippen LogP contribution >= 0.6 is 0 Å². The van der Waals surface area contributed by atoms with Gasteiger partial charge in [-0.25, -0.2) is 4.79 Å². The summed E-state index contributed by atoms with van der Waals surface area (Å²) in [6.07, 6.45) is 1.21. The number of carbonyl (C=O) groups excluding carboxylic acids is 3. The summed E-state index contributed by atoms with van der Waals surface area (Å²) in [5, 5.41) is 24.0. The van der Waals surface area contributed by atoms with Crippen LogP contribution < -0.4 is 16.4 Å². The first kappa shape index (κ1) is 33.3. The SMILES string of the molecule is N=C(N)NCCC[C@H]1C(=O)N(CCCc2ccccc2)CC2N(C(=O)NCCc3ccc(O)cc3)O[C@H](Cc3ccccc3)C(=O)N21. The molecule has 248 valence electrons. The van der Waals surface area contributed by atoms with Crippen LogP contribution in [0.1, 0.15) is 36.0 Å². The molecular weight excluding hydrogens is 598 g/mol. The molecule has 6 N–H and O–H groups in total. The molecule has 1 unspecified atom stereocenters. The average Bonchev–Trinajstić information content (AvgIpc) is 3.07. The Bertz CT molecular complexity index is 1510. The Morgan fingerprint density at radius 1 is 0.851 bits per heavy atom. The number of hydrogen-bond donors (Lipinski definition) is 5. The minimum absolute atomic E-state index is 0.116. The van der Waals surface area contributed by atoms with E-state index in [1.165, 1.54) is 10.6 Å². The lowest BCUT2D eigenvalue weighted by Gasteiger charge is -2.53. The number of hydrogen-bond acceptors (Lipinski definition) is 6. The van der Waals surface area contributed by atoms with E-state index in [0.29, 0.717) is 45.3 Å². The summed E-state index contributed by atoms with van der Waals surface area (Å²) in [6.45, 7) is 1.24. The number of phenolic OH excluding ortho intramolecular Hbond substituents is 1. The smallest absolute Gasteiger partial charge is 0.343 e. The first-order valence-corrected chi connectivity index (χ1v) is 16.1. The highest BCUT2D eigenvalue weighted by molar-refractivity contribution is 5.92. The highest BCUT2D eigenvalue weighted by Gasteiger charge is 2.52. The standard InChI is InChI=1S/C35H43N7O5/c36-34(37)38-20-7-14-29-32(44)40(22-8-13-25-9-3-1-4-10-25)24-31-41(29)33(45)30(23-27-11-5-2-6-12-27)47-42(31)35(46)39-21-19-26-15-17-28(43)18-16-26/h1-6,9-12,15-18,29-31,43H,7-8,13-14,19-24H2,(H,39,46)(H4,36,37,38)/t29-,30+,31?/m0/s1. The predicted molar refractivity (Wildman–Crippen MR) is 177 cm³/mol. The van der Waals surface area contributed by atoms with Gasteiger partial charge >= 0.3 is 6.03 Å². The topological polar surface area (TPSA) is 164 Å². The number of fused-ring (bicyclic) bond motifs is 1. The van der Waals surface area contributed by atoms with E-state index in [2.05, 4.69) is 22.8 Å². The molecule has 3 aromatic rings. The molecule has 2 saturated heterocycles. The summed E-state index contributed by atoms with van der Waals surface area (Å²) in [4.78, 5) is 51.5. The lowest BCUT2D eigenvalue weighted by Crippen LogP contribution is -2.74. The fourth-order valence-corrected chi connectivity index (χ4v) is 6.11. The zero-order valence-corrected chi connectivity index (χ0v) is 26.4. The van der Waals surface area contributed by atoms with Gasteiger partial charge < -0.3 is 31.3 Å². The average molecular weight is 642 g/mol. The lowest BCUT2D eigenvalue weighted by molar-refractivity contribution is -0.259. The third-order valence-electron chi connectivity index (χ3n) is 8.48. The van der Waals surface area contributed by atoms with Crippen LogP contribution in [-0.4, -0.2) is 88.3 Å². The monoisotopic (exact) mass is 641 g/mol. The molecule has 3 atom stereocenters. The maximum atomic E-state index is 14.1. The molecule has 2 aliphatic rings. The van der Waals surface area contributed by atoms with Gasteiger partial charge in [0.1, 0.15) is 11.8 Å². The number of urea groups is 1. The number of guanidine groups is 1. The summed E-state index contributed by atoms with van der Waals surface area (Å²) in [5.41, 5.74) is 8.44. The number of piperazine rings is 1. The van der Waals surface area contributed by atoms with Gasteiger partial charge in [-0.15, -0.1) is 0 Å². The van der Waals surface area contributed by atoms with E-state index < -0.39 is 24.3 Å². The van der Waals surface area contributed by atoms with Crippen molar-refractivity contribution < 1.29 is 24.3 Å². The van der Waals surface area contributed by atoms with Crippen molar-refractivity contribution in [2.45, 2.75) is 56.8 Å². The number of carbonyl (C=O) groups is 3. The number of aromatic hydroxyl groups is 1. The second kappa shape index (κ2) is 15.9. The Balaban J connectivity index is 1.37. The van der Waals surface area contributed by atoms with Gasteiger partial charge in [-0.3, -0.25) is 19.8 Å². The highest BCUT2D eigenvalue weighted by atomic mass is 16.7. The zero-order valence-electron chi connectivity index (χ0n) is 26.4. The maximum Gasteiger partial charge on any atom is 0.343 e. The van der Waals surface area contributed by atoms with E-state index in [9.17, 15) is 19.5 Å². The molecular formula is C35H43N7O5. The van der Waals surface area contributed by atoms with Gasteiger partial charge in [-0.05, 0) is 60.9 Å². The van der Waals surface area contributed by atoms with Crippen LogP contribution in [-0.2, 0) is 33.7 Å². The van der Waals surface area contributed by atoms with Gasteiger partial charge in [0, 0.05) is 26.1 Å². The Hall–Kier alpha value is -5.10. The fourth-order valence-electron chi connectivity index (χ4n) is 6.11. The van der Waals surface area contributed by atoms with E-state index in [4.69, 9.17) is 16.0 Å². The Morgan fingerprint density at radius 3 is 2.19 bits per heavy atom. The van der Waals surface area contributed by atoms with E-state index in [0.717, 1.165) is 17.5 Å². The quantitative estimate of drug-likeness (QED) is 0.109. The van der Waals surface area contributed by atoms with E-state index >= 15 is 0 Å². The van der Waals surface area contributed by atoms with Crippen LogP contribution in [0.25, 0.3) is 0 Å². The van der Waals surface area contributed by atoms with Gasteiger partial charge in [0.2, 0.25) is 5.91 Å². The minimum Gasteiger partial charge on any atom is -0.508 e. The summed E-state index contributed by atoms with van der Waals surface area (Å²) in [5.74, 6) is -0.506. The molecule has 12 heteroatoms. The number of rotatable bonds is 13. The molecule has 5 rings (SSSR count). The Morgan fingerprint density at radius 2 is 1.51 bits per heavy atom. The van der Waals surface area contributed by atoms with Gasteiger partial charge in [0.05, 0.1) is 6.54 Å². The van der Waals surface area contributed by atoms with Crippen molar-refractivity contribution in [2.75, 3.05) is 26.2 Å². The van der Waals surface area contributed by atoms with E-state index in [1.54, 1.807) is 34.1 Å². The van der Waals surface area contributed by atoms with Gasteiger partial charge in [-0.2, -0.15) is 5.06 Å². The zero-order chi connectivity index (χ0) is 33.2. The molecule has 4 amide bonds. The van der Waals surface area contributed by atoms with Gasteiger partial charge in [-0.1, -0.05) is 72.8 Å². The number of phenols is 1. The normalized spacial score (nSPS) is 19.3. The van der Waals surface area contributed by atoms with Crippen LogP contribution in [0.3, 0.4) is 0 Å². The maximum absolute atomic E-state index is 14.1. The molecule has 0 aromatic heterocycles. The summed E-state index contributed by atoms with van der Waals surface area (Å²) in [6, 6.07) is 24.9. The van der Waals surface area contributed by atoms with Crippen LogP contribution in [0.15, 0.2) is 84.9 Å². The van der Waals surface area contributed by atoms with Crippen LogP contribution in [0.4, 0.5) is 4.79 Å². The molecule has 47 heavy (non-hydrogen) atoms. The molecule has 2 fully saturated rings. The molecule has 0 aliphatic carbocycles. The number of hydroxylamine groups is 2. The summed E-state index contributed by atoms with van der Waals surface area (Å²) >= 11 is 0. The molecule has 0 radical (unpaired) electrons. The first-order chi connectivity index (χ1) is 22.8. The molecule has 12 nitrogen and oxygen atoms in total. The fraction of sp³-hybridized carbons (Fsp3) is 0.371. The second-order valence-electron chi connectivity index (χ2n) is 11.9. The van der Waals surface area contributed by atoms with Crippen LogP contribution in [0.5, 0.6) is 5.75 Å². The lowest BCUT2D eigenvalue weighted by atomic mass is 9.98. The largest absolute Gasteiger partial charge is 0.508 e. The number of amides is 4. The Kier molecular flexibility index (Phi) is 11.3. The number of nitrogens with two attached hydrogens (primary N) is 1. The van der Waals surface area contributed by atoms with Crippen molar-refractivity contribution in [1.29, 1.82) is 5.41 Å². The van der Waals surface area contributed by atoms with Crippen molar-refractivity contribution in [2.24, 2.45) is 5.73 Å². The van der Waals surface area contributed by atoms with Crippen molar-refractivity contribution in [3.8, 4) is 5.75 Å². The number of aryl methyl sites for hydroxylation is 1. The molecule has 2 heterocycles. The van der Waals surface area contributed by atoms with Crippen molar-refractivity contribution >= 4 is 23.8 Å². The van der Waals surface area contributed by atoms with Crippen LogP contribution in [0, 0.1) is 5.41 Å². The van der Waals surface area contributed by atoms with Crippen molar-refractivity contribution in [3.05, 3.63) is 102 Å². The molecule has 0 bridgehead atoms. The van der Waals surface area contributed by atoms with Crippen molar-refractivity contribution in [3.63, 3.8) is 0 Å². The van der Waals surface area contributed by atoms with E-state index in [-0.39, 0.29) is 36.5 Å². The highest BCUT2D eigenvalue weighted by Crippen LogP contribution is 2.31. The molecule has 2 aliphatic heterocycles. The van der Waals surface area contributed by atoms with E-state index in [1.807, 2.05) is 48.5 Å². The first-order valence-electron chi connectivity index (χ1n) is 16.1. The molecule has 0 spiro atoms. The third kappa shape index (κ3) is 8.79. The minimum atomic E-state index is -1.01. The van der Waals surface area contributed by atoms with Crippen LogP contribution in [0.2, 0.25) is 0 Å².